The first kappa shape index (κ1) is 13.9. The standard InChI is InChI=1S/C13H14INO2/c1-9-4-5-12(11(14)6-9)15(3)13(17)7-10(2)8-16/h4-6H,7H2,1-3H3. The summed E-state index contributed by atoms with van der Waals surface area (Å²) >= 11 is 2.20. The Labute approximate surface area is 115 Å². The van der Waals surface area contributed by atoms with Crippen LogP contribution >= 0.6 is 22.6 Å². The highest BCUT2D eigenvalue weighted by atomic mass is 127. The summed E-state index contributed by atoms with van der Waals surface area (Å²) in [5.74, 6) is 1.64. The van der Waals surface area contributed by atoms with Crippen molar-refractivity contribution in [1.82, 2.24) is 0 Å². The highest BCUT2D eigenvalue weighted by molar-refractivity contribution is 14.1. The fraction of sp³-hybridized carbons (Fsp3) is 0.308. The summed E-state index contributed by atoms with van der Waals surface area (Å²) in [7, 11) is 1.72. The summed E-state index contributed by atoms with van der Waals surface area (Å²) in [5.41, 5.74) is 2.44. The second kappa shape index (κ2) is 5.98. The van der Waals surface area contributed by atoms with Crippen LogP contribution in [0.25, 0.3) is 0 Å². The molecule has 0 saturated heterocycles. The van der Waals surface area contributed by atoms with Gasteiger partial charge in [0, 0.05) is 16.2 Å². The van der Waals surface area contributed by atoms with Gasteiger partial charge in [-0.3, -0.25) is 4.79 Å². The van der Waals surface area contributed by atoms with E-state index in [-0.39, 0.29) is 12.3 Å². The average Bonchev–Trinajstić information content (AvgIpc) is 2.28. The second-order valence-corrected chi connectivity index (χ2v) is 5.13. The van der Waals surface area contributed by atoms with Gasteiger partial charge in [-0.2, -0.15) is 0 Å². The van der Waals surface area contributed by atoms with Gasteiger partial charge in [-0.05, 0) is 54.1 Å². The Morgan fingerprint density at radius 1 is 1.47 bits per heavy atom. The van der Waals surface area contributed by atoms with Gasteiger partial charge in [0.25, 0.3) is 0 Å². The summed E-state index contributed by atoms with van der Waals surface area (Å²) in [6.07, 6.45) is 0.115. The molecule has 0 spiro atoms. The first-order valence-corrected chi connectivity index (χ1v) is 6.27. The van der Waals surface area contributed by atoms with E-state index < -0.39 is 0 Å². The van der Waals surface area contributed by atoms with Crippen LogP contribution in [0.15, 0.2) is 23.8 Å². The van der Waals surface area contributed by atoms with Crippen LogP contribution < -0.4 is 4.90 Å². The Bertz CT molecular complexity index is 490. The molecule has 0 N–H and O–H groups in total. The molecule has 0 atom stereocenters. The lowest BCUT2D eigenvalue weighted by Gasteiger charge is -2.19. The van der Waals surface area contributed by atoms with Gasteiger partial charge in [0.2, 0.25) is 5.91 Å². The summed E-state index contributed by atoms with van der Waals surface area (Å²) in [6.45, 7) is 3.62. The quantitative estimate of drug-likeness (QED) is 0.625. The van der Waals surface area contributed by atoms with Crippen molar-refractivity contribution in [3.8, 4) is 0 Å². The molecule has 4 heteroatoms. The third kappa shape index (κ3) is 3.68. The molecule has 0 radical (unpaired) electrons. The molecule has 0 unspecified atom stereocenters. The van der Waals surface area contributed by atoms with Crippen molar-refractivity contribution >= 4 is 40.1 Å². The molecule has 0 aromatic heterocycles. The van der Waals surface area contributed by atoms with Crippen LogP contribution in [0.4, 0.5) is 5.69 Å². The first-order valence-electron chi connectivity index (χ1n) is 5.19. The molecule has 0 fully saturated rings. The molecule has 0 aliphatic rings. The first-order chi connectivity index (χ1) is 7.95. The smallest absolute Gasteiger partial charge is 0.231 e. The molecule has 17 heavy (non-hydrogen) atoms. The maximum absolute atomic E-state index is 11.9. The molecule has 0 aliphatic carbocycles. The molecule has 0 heterocycles. The molecule has 0 saturated carbocycles. The summed E-state index contributed by atoms with van der Waals surface area (Å²) in [5, 5.41) is 0. The Morgan fingerprint density at radius 3 is 2.65 bits per heavy atom. The van der Waals surface area contributed by atoms with Gasteiger partial charge in [-0.15, -0.1) is 0 Å². The average molecular weight is 343 g/mol. The van der Waals surface area contributed by atoms with E-state index in [1.807, 2.05) is 25.1 Å². The number of halogens is 1. The van der Waals surface area contributed by atoms with E-state index in [1.165, 1.54) is 0 Å². The monoisotopic (exact) mass is 343 g/mol. The lowest BCUT2D eigenvalue weighted by Crippen LogP contribution is -2.27. The SMILES string of the molecule is CC(=C=O)CC(=O)N(C)c1ccc(C)cc1I. The molecule has 0 aliphatic heterocycles. The van der Waals surface area contributed by atoms with E-state index in [1.54, 1.807) is 24.8 Å². The minimum Gasteiger partial charge on any atom is -0.314 e. The lowest BCUT2D eigenvalue weighted by atomic mass is 10.2. The van der Waals surface area contributed by atoms with Gasteiger partial charge >= 0.3 is 0 Å². The van der Waals surface area contributed by atoms with Crippen LogP contribution in [0.5, 0.6) is 0 Å². The van der Waals surface area contributed by atoms with Gasteiger partial charge in [0.1, 0.15) is 5.94 Å². The molecular weight excluding hydrogens is 329 g/mol. The number of hydrogen-bond acceptors (Lipinski definition) is 2. The van der Waals surface area contributed by atoms with E-state index in [0.717, 1.165) is 14.8 Å². The van der Waals surface area contributed by atoms with Gasteiger partial charge in [0.15, 0.2) is 0 Å². The predicted octanol–water partition coefficient (Wildman–Crippen LogP) is 2.73. The summed E-state index contributed by atoms with van der Waals surface area (Å²) in [6, 6.07) is 5.89. The summed E-state index contributed by atoms with van der Waals surface area (Å²) < 4.78 is 1.02. The largest absolute Gasteiger partial charge is 0.314 e. The van der Waals surface area contributed by atoms with Crippen LogP contribution in [0.1, 0.15) is 18.9 Å². The molecule has 3 nitrogen and oxygen atoms in total. The number of nitrogens with zero attached hydrogens (tertiary/aromatic N) is 1. The van der Waals surface area contributed by atoms with E-state index in [9.17, 15) is 9.59 Å². The Hall–Kier alpha value is -1.13. The molecule has 90 valence electrons. The zero-order valence-corrected chi connectivity index (χ0v) is 12.2. The Kier molecular flexibility index (Phi) is 4.90. The van der Waals surface area contributed by atoms with Crippen LogP contribution in [0.3, 0.4) is 0 Å². The van der Waals surface area contributed by atoms with Gasteiger partial charge in [-0.25, -0.2) is 4.79 Å². The molecule has 0 bridgehead atoms. The topological polar surface area (TPSA) is 37.4 Å². The normalized spacial score (nSPS) is 9.65. The van der Waals surface area contributed by atoms with Crippen LogP contribution in [-0.4, -0.2) is 18.9 Å². The zero-order chi connectivity index (χ0) is 13.0. The Morgan fingerprint density at radius 2 is 2.12 bits per heavy atom. The van der Waals surface area contributed by atoms with Crippen LogP contribution in [-0.2, 0) is 9.59 Å². The van der Waals surface area contributed by atoms with Gasteiger partial charge in [0.05, 0.1) is 12.1 Å². The summed E-state index contributed by atoms with van der Waals surface area (Å²) in [4.78, 5) is 23.8. The number of carbonyl (C=O) groups is 1. The fourth-order valence-corrected chi connectivity index (χ4v) is 2.43. The van der Waals surface area contributed by atoms with Crippen molar-refractivity contribution < 1.29 is 9.59 Å². The van der Waals surface area contributed by atoms with Crippen molar-refractivity contribution in [3.05, 3.63) is 32.9 Å². The van der Waals surface area contributed by atoms with Crippen molar-refractivity contribution in [2.24, 2.45) is 0 Å². The van der Waals surface area contributed by atoms with E-state index >= 15 is 0 Å². The lowest BCUT2D eigenvalue weighted by molar-refractivity contribution is -0.117. The van der Waals surface area contributed by atoms with E-state index in [0.29, 0.717) is 5.57 Å². The number of carbonyl (C=O) groups excluding carboxylic acids is 2. The second-order valence-electron chi connectivity index (χ2n) is 3.97. The maximum atomic E-state index is 11.9. The number of anilines is 1. The molecule has 1 aromatic rings. The van der Waals surface area contributed by atoms with Crippen molar-refractivity contribution in [2.75, 3.05) is 11.9 Å². The fourth-order valence-electron chi connectivity index (χ4n) is 1.40. The zero-order valence-electron chi connectivity index (χ0n) is 10.1. The minimum atomic E-state index is -0.104. The van der Waals surface area contributed by atoms with E-state index in [4.69, 9.17) is 0 Å². The highest BCUT2D eigenvalue weighted by Gasteiger charge is 2.14. The number of hydrogen-bond donors (Lipinski definition) is 0. The molecule has 1 rings (SSSR count). The molecule has 1 amide bonds. The third-order valence-electron chi connectivity index (χ3n) is 2.43. The third-order valence-corrected chi connectivity index (χ3v) is 3.29. The number of rotatable bonds is 3. The van der Waals surface area contributed by atoms with Crippen molar-refractivity contribution in [1.29, 1.82) is 0 Å². The van der Waals surface area contributed by atoms with Gasteiger partial charge < -0.3 is 4.90 Å². The Balaban J connectivity index is 2.92. The maximum Gasteiger partial charge on any atom is 0.231 e. The van der Waals surface area contributed by atoms with Crippen molar-refractivity contribution in [3.63, 3.8) is 0 Å². The van der Waals surface area contributed by atoms with Gasteiger partial charge in [-0.1, -0.05) is 6.07 Å². The number of amides is 1. The molecule has 1 aromatic carbocycles. The van der Waals surface area contributed by atoms with Crippen LogP contribution in [0.2, 0.25) is 0 Å². The number of aryl methyl sites for hydroxylation is 1. The predicted molar refractivity (Wildman–Crippen MR) is 76.8 cm³/mol. The van der Waals surface area contributed by atoms with Crippen molar-refractivity contribution in [2.45, 2.75) is 20.3 Å². The highest BCUT2D eigenvalue weighted by Crippen LogP contribution is 2.23. The number of benzene rings is 1. The minimum absolute atomic E-state index is 0.104. The molecular formula is C13H14INO2. The van der Waals surface area contributed by atoms with E-state index in [2.05, 4.69) is 22.6 Å². The van der Waals surface area contributed by atoms with Crippen LogP contribution in [0, 0.1) is 10.5 Å².